The average Bonchev–Trinajstić information content (AvgIpc) is 2.33. The lowest BCUT2D eigenvalue weighted by molar-refractivity contribution is -0.138. The van der Waals surface area contributed by atoms with Crippen LogP contribution in [0.25, 0.3) is 0 Å². The van der Waals surface area contributed by atoms with Gasteiger partial charge in [-0.15, -0.1) is 0 Å². The number of rotatable bonds is 3. The van der Waals surface area contributed by atoms with E-state index < -0.39 is 23.9 Å². The molecule has 8 nitrogen and oxygen atoms in total. The molecular weight excluding hydrogens is 194 g/mol. The van der Waals surface area contributed by atoms with E-state index >= 15 is 0 Å². The molecule has 78 valence electrons. The van der Waals surface area contributed by atoms with Gasteiger partial charge in [0.15, 0.2) is 0 Å². The largest absolute Gasteiger partial charge is 0.491 e. The molecule has 1 atom stereocenters. The van der Waals surface area contributed by atoms with Crippen molar-refractivity contribution in [2.24, 2.45) is 5.73 Å². The number of carboxylic acids is 1. The molecule has 1 heterocycles. The van der Waals surface area contributed by atoms with Gasteiger partial charge in [0, 0.05) is 6.42 Å². The Morgan fingerprint density at radius 1 is 1.57 bits per heavy atom. The lowest BCUT2D eigenvalue weighted by atomic mass is 10.2. The monoisotopic (exact) mass is 203 g/mol. The highest BCUT2D eigenvalue weighted by Gasteiger charge is 2.20. The van der Waals surface area contributed by atoms with E-state index in [-0.39, 0.29) is 16.8 Å². The molecule has 0 amide bonds. The van der Waals surface area contributed by atoms with Gasteiger partial charge in [-0.1, -0.05) is 4.73 Å². The number of carbonyl (C=O) groups is 1. The third-order valence-corrected chi connectivity index (χ3v) is 1.61. The Bertz CT molecular complexity index is 361. The second-order valence-corrected chi connectivity index (χ2v) is 2.64. The quantitative estimate of drug-likeness (QED) is 0.375. The van der Waals surface area contributed by atoms with Crippen molar-refractivity contribution < 1.29 is 25.3 Å². The van der Waals surface area contributed by atoms with E-state index in [1.807, 2.05) is 0 Å². The van der Waals surface area contributed by atoms with Crippen molar-refractivity contribution in [1.82, 2.24) is 9.71 Å². The molecule has 8 heteroatoms. The van der Waals surface area contributed by atoms with Gasteiger partial charge in [0.25, 0.3) is 5.88 Å². The SMILES string of the molecule is NC(Cc1nc(O)n(O)c1O)C(=O)O. The van der Waals surface area contributed by atoms with Crippen molar-refractivity contribution in [2.75, 3.05) is 0 Å². The number of aliphatic carboxylic acids is 1. The van der Waals surface area contributed by atoms with E-state index in [0.717, 1.165) is 0 Å². The van der Waals surface area contributed by atoms with E-state index in [0.29, 0.717) is 0 Å². The molecule has 0 bridgehead atoms. The zero-order valence-corrected chi connectivity index (χ0v) is 6.95. The summed E-state index contributed by atoms with van der Waals surface area (Å²) in [5.74, 6) is -1.99. The predicted octanol–water partition coefficient (Wildman–Crippen LogP) is -1.51. The van der Waals surface area contributed by atoms with Crippen LogP contribution in [0.2, 0.25) is 0 Å². The van der Waals surface area contributed by atoms with Gasteiger partial charge in [-0.05, 0) is 0 Å². The molecule has 0 aliphatic heterocycles. The number of imidazole rings is 1. The van der Waals surface area contributed by atoms with Gasteiger partial charge in [-0.25, -0.2) is 0 Å². The minimum absolute atomic E-state index is 0.0317. The summed E-state index contributed by atoms with van der Waals surface area (Å²) < 4.78 is 0.0317. The van der Waals surface area contributed by atoms with Gasteiger partial charge in [-0.2, -0.15) is 4.98 Å². The van der Waals surface area contributed by atoms with Crippen LogP contribution in [0.3, 0.4) is 0 Å². The first-order valence-corrected chi connectivity index (χ1v) is 3.60. The Hall–Kier alpha value is -1.96. The van der Waals surface area contributed by atoms with Crippen LogP contribution in [0.4, 0.5) is 0 Å². The summed E-state index contributed by atoms with van der Waals surface area (Å²) in [6.45, 7) is 0. The highest BCUT2D eigenvalue weighted by atomic mass is 16.5. The molecule has 1 aromatic rings. The zero-order valence-electron chi connectivity index (χ0n) is 6.95. The van der Waals surface area contributed by atoms with E-state index in [2.05, 4.69) is 4.98 Å². The van der Waals surface area contributed by atoms with Crippen LogP contribution in [-0.2, 0) is 11.2 Å². The number of aromatic nitrogens is 2. The van der Waals surface area contributed by atoms with E-state index in [4.69, 9.17) is 26.3 Å². The summed E-state index contributed by atoms with van der Waals surface area (Å²) in [5.41, 5.74) is 4.97. The van der Waals surface area contributed by atoms with Crippen LogP contribution < -0.4 is 5.73 Å². The molecule has 0 saturated heterocycles. The number of aromatic hydroxyl groups is 2. The van der Waals surface area contributed by atoms with Crippen LogP contribution in [-0.4, -0.2) is 42.3 Å². The molecule has 1 rings (SSSR count). The maximum atomic E-state index is 10.3. The standard InChI is InChI=1S/C6H9N3O5/c7-2(5(11)12)1-3-4(10)9(14)6(13)8-3/h2,10,14H,1,7H2,(H,8,13)(H,11,12). The Morgan fingerprint density at radius 2 is 2.14 bits per heavy atom. The Morgan fingerprint density at radius 3 is 2.50 bits per heavy atom. The third kappa shape index (κ3) is 1.69. The van der Waals surface area contributed by atoms with E-state index in [1.54, 1.807) is 0 Å². The molecule has 1 aromatic heterocycles. The Balaban J connectivity index is 2.87. The summed E-state index contributed by atoms with van der Waals surface area (Å²) in [6, 6.07) is -2.08. The second-order valence-electron chi connectivity index (χ2n) is 2.64. The molecule has 0 fully saturated rings. The molecule has 1 unspecified atom stereocenters. The number of hydrogen-bond acceptors (Lipinski definition) is 6. The van der Waals surface area contributed by atoms with E-state index in [1.165, 1.54) is 0 Å². The average molecular weight is 203 g/mol. The maximum Gasteiger partial charge on any atom is 0.331 e. The summed E-state index contributed by atoms with van der Waals surface area (Å²) in [5, 5.41) is 35.2. The highest BCUT2D eigenvalue weighted by molar-refractivity contribution is 5.73. The number of hydrogen-bond donors (Lipinski definition) is 5. The fraction of sp³-hybridized carbons (Fsp3) is 0.333. The molecule has 0 aliphatic rings. The molecule has 14 heavy (non-hydrogen) atoms. The van der Waals surface area contributed by atoms with Gasteiger partial charge in [-0.3, -0.25) is 4.79 Å². The van der Waals surface area contributed by atoms with Gasteiger partial charge in [0.05, 0.1) is 0 Å². The lowest BCUT2D eigenvalue weighted by Crippen LogP contribution is -2.32. The van der Waals surface area contributed by atoms with Crippen molar-refractivity contribution >= 4 is 5.97 Å². The smallest absolute Gasteiger partial charge is 0.331 e. The lowest BCUT2D eigenvalue weighted by Gasteiger charge is -2.02. The molecule has 6 N–H and O–H groups in total. The zero-order chi connectivity index (χ0) is 10.9. The predicted molar refractivity (Wildman–Crippen MR) is 42.1 cm³/mol. The van der Waals surface area contributed by atoms with Crippen molar-refractivity contribution in [1.29, 1.82) is 0 Å². The number of nitrogens with zero attached hydrogens (tertiary/aromatic N) is 2. The number of nitrogens with two attached hydrogens (primary N) is 1. The number of carboxylic acid groups (broad SMARTS) is 1. The molecule has 0 radical (unpaired) electrons. The summed E-state index contributed by atoms with van der Waals surface area (Å²) >= 11 is 0. The fourth-order valence-corrected chi connectivity index (χ4v) is 0.868. The second kappa shape index (κ2) is 3.42. The van der Waals surface area contributed by atoms with E-state index in [9.17, 15) is 4.79 Å². The molecule has 0 spiro atoms. The summed E-state index contributed by atoms with van der Waals surface area (Å²) in [7, 11) is 0. The fourth-order valence-electron chi connectivity index (χ4n) is 0.868. The summed E-state index contributed by atoms with van der Waals surface area (Å²) in [6.07, 6.45) is -0.289. The van der Waals surface area contributed by atoms with Crippen LogP contribution in [0.15, 0.2) is 0 Å². The first-order chi connectivity index (χ1) is 6.43. The van der Waals surface area contributed by atoms with Crippen LogP contribution in [0.5, 0.6) is 11.9 Å². The van der Waals surface area contributed by atoms with Crippen LogP contribution in [0, 0.1) is 0 Å². The van der Waals surface area contributed by atoms with Crippen molar-refractivity contribution in [2.45, 2.75) is 12.5 Å². The molecular formula is C6H9N3O5. The van der Waals surface area contributed by atoms with Gasteiger partial charge in [0.2, 0.25) is 0 Å². The van der Waals surface area contributed by atoms with Gasteiger partial charge >= 0.3 is 12.0 Å². The van der Waals surface area contributed by atoms with Crippen molar-refractivity contribution in [3.63, 3.8) is 0 Å². The Labute approximate surface area is 77.8 Å². The minimum Gasteiger partial charge on any atom is -0.491 e. The highest BCUT2D eigenvalue weighted by Crippen LogP contribution is 2.21. The normalized spacial score (nSPS) is 12.6. The van der Waals surface area contributed by atoms with Gasteiger partial charge < -0.3 is 26.3 Å². The van der Waals surface area contributed by atoms with Gasteiger partial charge in [0.1, 0.15) is 11.7 Å². The topological polar surface area (TPSA) is 142 Å². The van der Waals surface area contributed by atoms with Crippen molar-refractivity contribution in [3.05, 3.63) is 5.69 Å². The molecule has 0 aliphatic carbocycles. The van der Waals surface area contributed by atoms with Crippen LogP contribution >= 0.6 is 0 Å². The maximum absolute atomic E-state index is 10.3. The first-order valence-electron chi connectivity index (χ1n) is 3.60. The first kappa shape index (κ1) is 10.1. The van der Waals surface area contributed by atoms with Crippen LogP contribution in [0.1, 0.15) is 5.69 Å². The third-order valence-electron chi connectivity index (χ3n) is 1.61. The molecule has 0 aromatic carbocycles. The Kier molecular flexibility index (Phi) is 2.47. The molecule has 0 saturated carbocycles. The minimum atomic E-state index is -1.27. The summed E-state index contributed by atoms with van der Waals surface area (Å²) in [4.78, 5) is 13.6. The van der Waals surface area contributed by atoms with Crippen molar-refractivity contribution in [3.8, 4) is 11.9 Å².